The van der Waals surface area contributed by atoms with E-state index in [1.807, 2.05) is 0 Å². The molecule has 4 nitrogen and oxygen atoms in total. The zero-order valence-corrected chi connectivity index (χ0v) is 7.57. The number of carbonyl (C=O) groups excluding carboxylic acids is 2. The van der Waals surface area contributed by atoms with Gasteiger partial charge in [0.25, 0.3) is 0 Å². The molecule has 0 aliphatic carbocycles. The van der Waals surface area contributed by atoms with Gasteiger partial charge < -0.3 is 9.15 Å². The summed E-state index contributed by atoms with van der Waals surface area (Å²) in [5.74, 6) is 4.96. The molecular formula is C10H8O4. The second-order valence-corrected chi connectivity index (χ2v) is 2.37. The lowest BCUT2D eigenvalue weighted by molar-refractivity contribution is -0.139. The van der Waals surface area contributed by atoms with Gasteiger partial charge in [-0.3, -0.25) is 9.59 Å². The Labute approximate surface area is 80.9 Å². The first-order valence-electron chi connectivity index (χ1n) is 3.86. The lowest BCUT2D eigenvalue weighted by atomic mass is 10.2. The number of hydrogen-bond acceptors (Lipinski definition) is 4. The van der Waals surface area contributed by atoms with Crippen molar-refractivity contribution in [3.8, 4) is 11.8 Å². The molecule has 0 radical (unpaired) electrons. The molecule has 0 N–H and O–H groups in total. The molecule has 0 aliphatic heterocycles. The first-order chi connectivity index (χ1) is 6.77. The molecule has 0 aliphatic rings. The average molecular weight is 192 g/mol. The van der Waals surface area contributed by atoms with Crippen molar-refractivity contribution in [2.75, 3.05) is 7.11 Å². The maximum Gasteiger partial charge on any atom is 0.317 e. The lowest BCUT2D eigenvalue weighted by Gasteiger charge is -1.88. The van der Waals surface area contributed by atoms with Crippen LogP contribution in [-0.4, -0.2) is 19.4 Å². The summed E-state index contributed by atoms with van der Waals surface area (Å²) in [6.45, 7) is 0. The van der Waals surface area contributed by atoms with Crippen LogP contribution in [0.5, 0.6) is 0 Å². The van der Waals surface area contributed by atoms with Crippen LogP contribution in [0.25, 0.3) is 0 Å². The van der Waals surface area contributed by atoms with Crippen LogP contribution in [0.1, 0.15) is 22.5 Å². The lowest BCUT2D eigenvalue weighted by Crippen LogP contribution is -1.97. The quantitative estimate of drug-likeness (QED) is 0.398. The van der Waals surface area contributed by atoms with E-state index in [4.69, 9.17) is 4.42 Å². The average Bonchev–Trinajstić information content (AvgIpc) is 2.65. The number of aldehydes is 1. The van der Waals surface area contributed by atoms with Gasteiger partial charge in [-0.25, -0.2) is 0 Å². The third-order valence-electron chi connectivity index (χ3n) is 1.49. The van der Waals surface area contributed by atoms with Crippen LogP contribution < -0.4 is 0 Å². The third kappa shape index (κ3) is 2.49. The summed E-state index contributed by atoms with van der Waals surface area (Å²) in [4.78, 5) is 21.1. The number of rotatable bonds is 2. The van der Waals surface area contributed by atoms with E-state index in [0.717, 1.165) is 0 Å². The van der Waals surface area contributed by atoms with E-state index in [0.29, 0.717) is 11.8 Å². The minimum atomic E-state index is -0.409. The largest absolute Gasteiger partial charge is 0.468 e. The van der Waals surface area contributed by atoms with E-state index in [-0.39, 0.29) is 12.2 Å². The van der Waals surface area contributed by atoms with Crippen molar-refractivity contribution in [2.24, 2.45) is 0 Å². The fourth-order valence-corrected chi connectivity index (χ4v) is 0.799. The van der Waals surface area contributed by atoms with Gasteiger partial charge in [-0.05, 0) is 6.07 Å². The third-order valence-corrected chi connectivity index (χ3v) is 1.49. The molecule has 1 aromatic heterocycles. The molecule has 0 unspecified atom stereocenters. The van der Waals surface area contributed by atoms with Crippen LogP contribution in [0.3, 0.4) is 0 Å². The first kappa shape index (κ1) is 10.1. The van der Waals surface area contributed by atoms with Gasteiger partial charge in [0.1, 0.15) is 6.42 Å². The predicted octanol–water partition coefficient (Wildman–Crippen LogP) is 1.01. The Morgan fingerprint density at radius 1 is 1.71 bits per heavy atom. The molecule has 0 aromatic carbocycles. The highest BCUT2D eigenvalue weighted by Gasteiger charge is 2.01. The molecule has 0 amide bonds. The second-order valence-electron chi connectivity index (χ2n) is 2.37. The van der Waals surface area contributed by atoms with E-state index < -0.39 is 5.97 Å². The van der Waals surface area contributed by atoms with E-state index in [1.165, 1.54) is 13.4 Å². The molecule has 14 heavy (non-hydrogen) atoms. The molecule has 1 heterocycles. The number of ether oxygens (including phenoxy) is 1. The van der Waals surface area contributed by atoms with Crippen LogP contribution in [0.2, 0.25) is 0 Å². The van der Waals surface area contributed by atoms with Crippen LogP contribution >= 0.6 is 0 Å². The molecule has 0 spiro atoms. The zero-order valence-electron chi connectivity index (χ0n) is 7.57. The smallest absolute Gasteiger partial charge is 0.317 e. The highest BCUT2D eigenvalue weighted by atomic mass is 16.5. The van der Waals surface area contributed by atoms with E-state index >= 15 is 0 Å². The Morgan fingerprint density at radius 2 is 2.50 bits per heavy atom. The minimum Gasteiger partial charge on any atom is -0.468 e. The van der Waals surface area contributed by atoms with Gasteiger partial charge in [0.15, 0.2) is 12.0 Å². The van der Waals surface area contributed by atoms with Gasteiger partial charge >= 0.3 is 5.97 Å². The molecule has 0 atom stereocenters. The number of methoxy groups -OCH3 is 1. The van der Waals surface area contributed by atoms with Gasteiger partial charge in [-0.15, -0.1) is 0 Å². The highest BCUT2D eigenvalue weighted by molar-refractivity contribution is 5.76. The maximum atomic E-state index is 10.7. The van der Waals surface area contributed by atoms with E-state index in [1.54, 1.807) is 6.07 Å². The number of carbonyl (C=O) groups is 2. The van der Waals surface area contributed by atoms with Gasteiger partial charge in [-0.1, -0.05) is 11.8 Å². The topological polar surface area (TPSA) is 56.5 Å². The summed E-state index contributed by atoms with van der Waals surface area (Å²) >= 11 is 0. The molecule has 4 heteroatoms. The number of esters is 1. The van der Waals surface area contributed by atoms with Crippen LogP contribution in [-0.2, 0) is 9.53 Å². The monoisotopic (exact) mass is 192 g/mol. The zero-order chi connectivity index (χ0) is 10.4. The Kier molecular flexibility index (Phi) is 3.50. The summed E-state index contributed by atoms with van der Waals surface area (Å²) in [5, 5.41) is 0. The Balaban J connectivity index is 2.67. The van der Waals surface area contributed by atoms with Gasteiger partial charge in [0.2, 0.25) is 0 Å². The molecule has 72 valence electrons. The Bertz CT molecular complexity index is 392. The Morgan fingerprint density at radius 3 is 3.14 bits per heavy atom. The van der Waals surface area contributed by atoms with Gasteiger partial charge in [0.05, 0.1) is 18.9 Å². The Hall–Kier alpha value is -2.02. The van der Waals surface area contributed by atoms with Crippen molar-refractivity contribution in [1.82, 2.24) is 0 Å². The molecule has 0 fully saturated rings. The van der Waals surface area contributed by atoms with E-state index in [2.05, 4.69) is 16.6 Å². The van der Waals surface area contributed by atoms with Crippen LogP contribution in [0, 0.1) is 11.8 Å². The normalized spacial score (nSPS) is 8.64. The highest BCUT2D eigenvalue weighted by Crippen LogP contribution is 2.05. The molecule has 1 aromatic rings. The summed E-state index contributed by atoms with van der Waals surface area (Å²) in [6.07, 6.45) is 1.94. The van der Waals surface area contributed by atoms with E-state index in [9.17, 15) is 9.59 Å². The van der Waals surface area contributed by atoms with Crippen LogP contribution in [0.4, 0.5) is 0 Å². The molecule has 0 saturated carbocycles. The minimum absolute atomic E-state index is 0.0000227. The fraction of sp³-hybridized carbons (Fsp3) is 0.200. The van der Waals surface area contributed by atoms with Crippen molar-refractivity contribution in [2.45, 2.75) is 6.42 Å². The maximum absolute atomic E-state index is 10.7. The number of hydrogen-bond donors (Lipinski definition) is 0. The summed E-state index contributed by atoms with van der Waals surface area (Å²) < 4.78 is 9.20. The summed E-state index contributed by atoms with van der Waals surface area (Å²) in [5.41, 5.74) is 0.476. The van der Waals surface area contributed by atoms with Crippen molar-refractivity contribution < 1.29 is 18.7 Å². The van der Waals surface area contributed by atoms with Gasteiger partial charge in [0, 0.05) is 0 Å². The number of furan rings is 1. The predicted molar refractivity (Wildman–Crippen MR) is 47.6 cm³/mol. The second kappa shape index (κ2) is 4.87. The van der Waals surface area contributed by atoms with Crippen molar-refractivity contribution in [1.29, 1.82) is 0 Å². The summed E-state index contributed by atoms with van der Waals surface area (Å²) in [6, 6.07) is 1.56. The molecular weight excluding hydrogens is 184 g/mol. The van der Waals surface area contributed by atoms with Crippen molar-refractivity contribution >= 4 is 12.3 Å². The SMILES string of the molecule is COC(=O)CC#Cc1ccoc1C=O. The summed E-state index contributed by atoms with van der Waals surface area (Å²) in [7, 11) is 1.29. The van der Waals surface area contributed by atoms with Crippen molar-refractivity contribution in [3.63, 3.8) is 0 Å². The first-order valence-corrected chi connectivity index (χ1v) is 3.86. The molecule has 0 bridgehead atoms. The van der Waals surface area contributed by atoms with Crippen LogP contribution in [0.15, 0.2) is 16.7 Å². The van der Waals surface area contributed by atoms with Crippen molar-refractivity contribution in [3.05, 3.63) is 23.7 Å². The van der Waals surface area contributed by atoms with Gasteiger partial charge in [-0.2, -0.15) is 0 Å². The molecule has 1 rings (SSSR count). The standard InChI is InChI=1S/C10H8O4/c1-13-10(12)4-2-3-8-5-6-14-9(8)7-11/h5-7H,4H2,1H3. The molecule has 0 saturated heterocycles. The fourth-order valence-electron chi connectivity index (χ4n) is 0.799.